The van der Waals surface area contributed by atoms with Crippen molar-refractivity contribution in [1.29, 1.82) is 0 Å². The van der Waals surface area contributed by atoms with E-state index >= 15 is 0 Å². The summed E-state index contributed by atoms with van der Waals surface area (Å²) in [6.45, 7) is 2.68. The van der Waals surface area contributed by atoms with Gasteiger partial charge < -0.3 is 5.32 Å². The highest BCUT2D eigenvalue weighted by molar-refractivity contribution is 5.91. The molecule has 23 heavy (non-hydrogen) atoms. The van der Waals surface area contributed by atoms with Gasteiger partial charge in [-0.3, -0.25) is 9.48 Å². The highest BCUT2D eigenvalue weighted by atomic mass is 16.1. The summed E-state index contributed by atoms with van der Waals surface area (Å²) in [5.41, 5.74) is 3.19. The summed E-state index contributed by atoms with van der Waals surface area (Å²) in [7, 11) is 0. The lowest BCUT2D eigenvalue weighted by Crippen LogP contribution is -2.15. The van der Waals surface area contributed by atoms with Crippen molar-refractivity contribution in [3.63, 3.8) is 0 Å². The van der Waals surface area contributed by atoms with Crippen LogP contribution >= 0.6 is 0 Å². The summed E-state index contributed by atoms with van der Waals surface area (Å²) in [4.78, 5) is 12.1. The fourth-order valence-corrected chi connectivity index (χ4v) is 2.46. The highest BCUT2D eigenvalue weighted by Gasteiger charge is 2.09. The zero-order chi connectivity index (χ0) is 16.1. The Labute approximate surface area is 135 Å². The van der Waals surface area contributed by atoms with E-state index in [9.17, 15) is 4.79 Å². The maximum absolute atomic E-state index is 12.1. The minimum atomic E-state index is -0.0550. The average molecular weight is 305 g/mol. The van der Waals surface area contributed by atoms with Crippen molar-refractivity contribution in [2.75, 3.05) is 5.32 Å². The van der Waals surface area contributed by atoms with E-state index in [0.717, 1.165) is 11.3 Å². The number of nitrogens with one attached hydrogen (secondary N) is 1. The molecule has 0 bridgehead atoms. The first-order chi connectivity index (χ1) is 11.2. The second-order valence-corrected chi connectivity index (χ2v) is 5.52. The lowest BCUT2D eigenvalue weighted by molar-refractivity contribution is -0.115. The number of amides is 1. The van der Waals surface area contributed by atoms with Gasteiger partial charge in [-0.2, -0.15) is 5.10 Å². The van der Waals surface area contributed by atoms with Crippen molar-refractivity contribution in [1.82, 2.24) is 9.78 Å². The molecule has 4 nitrogen and oxygen atoms in total. The second kappa shape index (κ2) is 6.92. The average Bonchev–Trinajstić information content (AvgIpc) is 2.88. The normalized spacial score (nSPS) is 10.5. The van der Waals surface area contributed by atoms with Crippen molar-refractivity contribution in [2.24, 2.45) is 0 Å². The van der Waals surface area contributed by atoms with Gasteiger partial charge in [0.1, 0.15) is 0 Å². The van der Waals surface area contributed by atoms with Gasteiger partial charge >= 0.3 is 0 Å². The Morgan fingerprint density at radius 2 is 1.61 bits per heavy atom. The van der Waals surface area contributed by atoms with Gasteiger partial charge in [-0.05, 0) is 18.1 Å². The number of carbonyl (C=O) groups is 1. The van der Waals surface area contributed by atoms with E-state index in [-0.39, 0.29) is 5.91 Å². The Bertz CT molecular complexity index is 779. The SMILES string of the molecule is Cc1cc(NC(=O)Cc2ccccc2)nn1Cc1ccccc1. The molecule has 1 aromatic heterocycles. The summed E-state index contributed by atoms with van der Waals surface area (Å²) >= 11 is 0. The third kappa shape index (κ3) is 4.07. The van der Waals surface area contributed by atoms with Crippen molar-refractivity contribution < 1.29 is 4.79 Å². The minimum Gasteiger partial charge on any atom is -0.309 e. The number of hydrogen-bond donors (Lipinski definition) is 1. The van der Waals surface area contributed by atoms with Crippen molar-refractivity contribution >= 4 is 11.7 Å². The van der Waals surface area contributed by atoms with Crippen molar-refractivity contribution in [3.05, 3.63) is 83.6 Å². The molecule has 0 fully saturated rings. The Morgan fingerprint density at radius 1 is 1.00 bits per heavy atom. The predicted molar refractivity (Wildman–Crippen MR) is 91.3 cm³/mol. The van der Waals surface area contributed by atoms with Gasteiger partial charge in [-0.15, -0.1) is 0 Å². The lowest BCUT2D eigenvalue weighted by Gasteiger charge is -2.04. The van der Waals surface area contributed by atoms with Crippen LogP contribution < -0.4 is 5.32 Å². The zero-order valence-electron chi connectivity index (χ0n) is 13.1. The Balaban J connectivity index is 1.65. The van der Waals surface area contributed by atoms with Crippen LogP contribution in [0.15, 0.2) is 66.7 Å². The Morgan fingerprint density at radius 3 is 2.26 bits per heavy atom. The van der Waals surface area contributed by atoms with E-state index in [4.69, 9.17) is 0 Å². The van der Waals surface area contributed by atoms with Gasteiger partial charge in [-0.25, -0.2) is 0 Å². The predicted octanol–water partition coefficient (Wildman–Crippen LogP) is 3.42. The van der Waals surface area contributed by atoms with E-state index in [1.54, 1.807) is 0 Å². The molecule has 3 aromatic rings. The van der Waals surface area contributed by atoms with E-state index in [1.807, 2.05) is 66.2 Å². The van der Waals surface area contributed by atoms with E-state index < -0.39 is 0 Å². The maximum Gasteiger partial charge on any atom is 0.229 e. The second-order valence-electron chi connectivity index (χ2n) is 5.52. The molecule has 3 rings (SSSR count). The van der Waals surface area contributed by atoms with E-state index in [1.165, 1.54) is 5.56 Å². The topological polar surface area (TPSA) is 46.9 Å². The molecule has 0 saturated carbocycles. The van der Waals surface area contributed by atoms with E-state index in [0.29, 0.717) is 18.8 Å². The first kappa shape index (κ1) is 15.0. The fourth-order valence-electron chi connectivity index (χ4n) is 2.46. The van der Waals surface area contributed by atoms with Crippen LogP contribution in [-0.2, 0) is 17.8 Å². The fraction of sp³-hybridized carbons (Fsp3) is 0.158. The molecule has 116 valence electrons. The third-order valence-electron chi connectivity index (χ3n) is 3.63. The Kier molecular flexibility index (Phi) is 4.52. The summed E-state index contributed by atoms with van der Waals surface area (Å²) < 4.78 is 1.90. The molecule has 0 aliphatic carbocycles. The van der Waals surface area contributed by atoms with E-state index in [2.05, 4.69) is 22.5 Å². The molecule has 1 heterocycles. The van der Waals surface area contributed by atoms with Crippen LogP contribution in [-0.4, -0.2) is 15.7 Å². The number of nitrogens with zero attached hydrogens (tertiary/aromatic N) is 2. The van der Waals surface area contributed by atoms with Gasteiger partial charge in [0.2, 0.25) is 5.91 Å². The quantitative estimate of drug-likeness (QED) is 0.785. The number of benzene rings is 2. The first-order valence-electron chi connectivity index (χ1n) is 7.63. The number of hydrogen-bond acceptors (Lipinski definition) is 2. The molecule has 0 saturated heterocycles. The molecule has 1 N–H and O–H groups in total. The molecule has 2 aromatic carbocycles. The largest absolute Gasteiger partial charge is 0.309 e. The molecular formula is C19H19N3O. The number of anilines is 1. The Hall–Kier alpha value is -2.88. The molecule has 0 spiro atoms. The van der Waals surface area contributed by atoms with Crippen LogP contribution in [0.2, 0.25) is 0 Å². The summed E-state index contributed by atoms with van der Waals surface area (Å²) in [6.07, 6.45) is 0.353. The molecule has 0 aliphatic heterocycles. The van der Waals surface area contributed by atoms with Crippen LogP contribution in [0.4, 0.5) is 5.82 Å². The minimum absolute atomic E-state index is 0.0550. The van der Waals surface area contributed by atoms with Crippen molar-refractivity contribution in [2.45, 2.75) is 19.9 Å². The third-order valence-corrected chi connectivity index (χ3v) is 3.63. The molecular weight excluding hydrogens is 286 g/mol. The molecule has 4 heteroatoms. The van der Waals surface area contributed by atoms with Crippen LogP contribution in [0, 0.1) is 6.92 Å². The van der Waals surface area contributed by atoms with Crippen LogP contribution in [0.5, 0.6) is 0 Å². The molecule has 0 aliphatic rings. The standard InChI is InChI=1S/C19H19N3O/c1-15-12-18(20-19(23)13-16-8-4-2-5-9-16)21-22(15)14-17-10-6-3-7-11-17/h2-12H,13-14H2,1H3,(H,20,21,23). The number of rotatable bonds is 5. The lowest BCUT2D eigenvalue weighted by atomic mass is 10.1. The van der Waals surface area contributed by atoms with Crippen LogP contribution in [0.1, 0.15) is 16.8 Å². The van der Waals surface area contributed by atoms with Gasteiger partial charge in [-0.1, -0.05) is 60.7 Å². The van der Waals surface area contributed by atoms with Crippen LogP contribution in [0.25, 0.3) is 0 Å². The molecule has 0 unspecified atom stereocenters. The summed E-state index contributed by atoms with van der Waals surface area (Å²) in [5.74, 6) is 0.542. The zero-order valence-corrected chi connectivity index (χ0v) is 13.1. The van der Waals surface area contributed by atoms with Gasteiger partial charge in [0.15, 0.2) is 5.82 Å². The first-order valence-corrected chi connectivity index (χ1v) is 7.63. The number of aromatic nitrogens is 2. The monoisotopic (exact) mass is 305 g/mol. The van der Waals surface area contributed by atoms with Crippen LogP contribution in [0.3, 0.4) is 0 Å². The van der Waals surface area contributed by atoms with Gasteiger partial charge in [0, 0.05) is 11.8 Å². The molecule has 0 radical (unpaired) electrons. The number of carbonyl (C=O) groups excluding carboxylic acids is 1. The molecule has 1 amide bonds. The maximum atomic E-state index is 12.1. The van der Waals surface area contributed by atoms with Gasteiger partial charge in [0.05, 0.1) is 13.0 Å². The molecule has 0 atom stereocenters. The smallest absolute Gasteiger partial charge is 0.229 e. The van der Waals surface area contributed by atoms with Crippen molar-refractivity contribution in [3.8, 4) is 0 Å². The van der Waals surface area contributed by atoms with Gasteiger partial charge in [0.25, 0.3) is 0 Å². The number of aryl methyl sites for hydroxylation is 1. The highest BCUT2D eigenvalue weighted by Crippen LogP contribution is 2.12. The summed E-state index contributed by atoms with van der Waals surface area (Å²) in [5, 5.41) is 7.34. The summed E-state index contributed by atoms with van der Waals surface area (Å²) in [6, 6.07) is 21.7.